The van der Waals surface area contributed by atoms with Gasteiger partial charge in [-0.15, -0.1) is 11.3 Å². The zero-order valence-electron chi connectivity index (χ0n) is 12.5. The minimum absolute atomic E-state index is 0.0613. The van der Waals surface area contributed by atoms with Crippen molar-refractivity contribution in [3.63, 3.8) is 0 Å². The van der Waals surface area contributed by atoms with Gasteiger partial charge in [-0.3, -0.25) is 0 Å². The van der Waals surface area contributed by atoms with Crippen LogP contribution in [0.5, 0.6) is 0 Å². The summed E-state index contributed by atoms with van der Waals surface area (Å²) in [6.07, 6.45) is 3.28. The molecule has 0 amide bonds. The minimum Gasteiger partial charge on any atom is -0.302 e. The first-order valence-electron chi connectivity index (χ1n) is 7.51. The van der Waals surface area contributed by atoms with Crippen molar-refractivity contribution in [2.24, 2.45) is 0 Å². The van der Waals surface area contributed by atoms with Crippen molar-refractivity contribution in [1.82, 2.24) is 10.3 Å². The number of thiazole rings is 1. The fourth-order valence-corrected chi connectivity index (χ4v) is 4.55. The third kappa shape index (κ3) is 2.00. The molecule has 20 heavy (non-hydrogen) atoms. The highest BCUT2D eigenvalue weighted by Gasteiger charge is 2.42. The van der Waals surface area contributed by atoms with Crippen molar-refractivity contribution in [3.05, 3.63) is 51.0 Å². The van der Waals surface area contributed by atoms with Gasteiger partial charge < -0.3 is 5.32 Å². The SMILES string of the molecule is CCNC1(c2nc(CC)c(C)s2)CCc2ccccc21. The van der Waals surface area contributed by atoms with Gasteiger partial charge in [0.25, 0.3) is 0 Å². The summed E-state index contributed by atoms with van der Waals surface area (Å²) in [6.45, 7) is 7.53. The van der Waals surface area contributed by atoms with E-state index in [-0.39, 0.29) is 5.54 Å². The number of nitrogens with one attached hydrogen (secondary N) is 1. The fourth-order valence-electron chi connectivity index (χ4n) is 3.33. The van der Waals surface area contributed by atoms with E-state index in [1.165, 1.54) is 26.7 Å². The van der Waals surface area contributed by atoms with Crippen LogP contribution < -0.4 is 5.32 Å². The molecular formula is C17H22N2S. The zero-order chi connectivity index (χ0) is 14.2. The Morgan fingerprint density at radius 3 is 2.80 bits per heavy atom. The number of benzene rings is 1. The van der Waals surface area contributed by atoms with Crippen LogP contribution in [-0.4, -0.2) is 11.5 Å². The molecule has 3 heteroatoms. The van der Waals surface area contributed by atoms with Crippen LogP contribution in [0.15, 0.2) is 24.3 Å². The predicted octanol–water partition coefficient (Wildman–Crippen LogP) is 3.81. The third-order valence-electron chi connectivity index (χ3n) is 4.32. The van der Waals surface area contributed by atoms with Crippen molar-refractivity contribution in [1.29, 1.82) is 0 Å². The molecular weight excluding hydrogens is 264 g/mol. The second-order valence-electron chi connectivity index (χ2n) is 5.47. The molecule has 0 radical (unpaired) electrons. The Balaban J connectivity index is 2.14. The highest BCUT2D eigenvalue weighted by molar-refractivity contribution is 7.11. The number of hydrogen-bond donors (Lipinski definition) is 1. The molecule has 1 atom stereocenters. The number of rotatable bonds is 4. The molecule has 106 valence electrons. The molecule has 1 N–H and O–H groups in total. The van der Waals surface area contributed by atoms with Crippen LogP contribution in [0.2, 0.25) is 0 Å². The molecule has 1 aromatic heterocycles. The third-order valence-corrected chi connectivity index (χ3v) is 5.49. The van der Waals surface area contributed by atoms with Crippen LogP contribution in [0.25, 0.3) is 0 Å². The standard InChI is InChI=1S/C17H22N2S/c1-4-15-12(3)20-16(19-15)17(18-5-2)11-10-13-8-6-7-9-14(13)17/h6-9,18H,4-5,10-11H2,1-3H3. The lowest BCUT2D eigenvalue weighted by molar-refractivity contribution is 0.407. The summed E-state index contributed by atoms with van der Waals surface area (Å²) in [4.78, 5) is 6.32. The van der Waals surface area contributed by atoms with Crippen molar-refractivity contribution >= 4 is 11.3 Å². The maximum atomic E-state index is 4.96. The van der Waals surface area contributed by atoms with E-state index in [2.05, 4.69) is 50.4 Å². The van der Waals surface area contributed by atoms with Crippen molar-refractivity contribution in [3.8, 4) is 0 Å². The Kier molecular flexibility index (Phi) is 3.65. The van der Waals surface area contributed by atoms with E-state index < -0.39 is 0 Å². The van der Waals surface area contributed by atoms with Gasteiger partial charge in [0.1, 0.15) is 5.01 Å². The van der Waals surface area contributed by atoms with Crippen molar-refractivity contribution in [2.45, 2.75) is 45.6 Å². The number of nitrogens with zero attached hydrogens (tertiary/aromatic N) is 1. The number of fused-ring (bicyclic) bond motifs is 1. The van der Waals surface area contributed by atoms with Gasteiger partial charge in [0, 0.05) is 4.88 Å². The molecule has 1 aromatic carbocycles. The Hall–Kier alpha value is -1.19. The van der Waals surface area contributed by atoms with Gasteiger partial charge in [-0.1, -0.05) is 38.1 Å². The molecule has 2 aromatic rings. The Labute approximate surface area is 125 Å². The quantitative estimate of drug-likeness (QED) is 0.924. The lowest BCUT2D eigenvalue weighted by Crippen LogP contribution is -2.41. The van der Waals surface area contributed by atoms with E-state index in [0.29, 0.717) is 0 Å². The molecule has 1 aliphatic carbocycles. The molecule has 2 nitrogen and oxygen atoms in total. The summed E-state index contributed by atoms with van der Waals surface area (Å²) in [5.41, 5.74) is 4.10. The maximum Gasteiger partial charge on any atom is 0.118 e. The van der Waals surface area contributed by atoms with E-state index in [9.17, 15) is 0 Å². The number of hydrogen-bond acceptors (Lipinski definition) is 3. The average molecular weight is 286 g/mol. The highest BCUT2D eigenvalue weighted by atomic mass is 32.1. The largest absolute Gasteiger partial charge is 0.302 e. The first-order chi connectivity index (χ1) is 9.71. The second kappa shape index (κ2) is 5.30. The maximum absolute atomic E-state index is 4.96. The molecule has 0 fully saturated rings. The van der Waals surface area contributed by atoms with Crippen LogP contribution in [0, 0.1) is 6.92 Å². The van der Waals surface area contributed by atoms with Crippen molar-refractivity contribution in [2.75, 3.05) is 6.54 Å². The molecule has 1 aliphatic rings. The average Bonchev–Trinajstić information content (AvgIpc) is 3.02. The Morgan fingerprint density at radius 1 is 1.30 bits per heavy atom. The summed E-state index contributed by atoms with van der Waals surface area (Å²) in [5, 5.41) is 4.99. The van der Waals surface area contributed by atoms with Crippen LogP contribution in [0.3, 0.4) is 0 Å². The number of aryl methyl sites for hydroxylation is 3. The monoisotopic (exact) mass is 286 g/mol. The summed E-state index contributed by atoms with van der Waals surface area (Å²) in [7, 11) is 0. The molecule has 0 spiro atoms. The van der Waals surface area contributed by atoms with Gasteiger partial charge in [0.05, 0.1) is 11.2 Å². The van der Waals surface area contributed by atoms with Gasteiger partial charge in [0.15, 0.2) is 0 Å². The normalized spacial score (nSPS) is 21.1. The van der Waals surface area contributed by atoms with Gasteiger partial charge >= 0.3 is 0 Å². The predicted molar refractivity (Wildman–Crippen MR) is 85.4 cm³/mol. The summed E-state index contributed by atoms with van der Waals surface area (Å²) < 4.78 is 0. The minimum atomic E-state index is -0.0613. The molecule has 0 saturated carbocycles. The molecule has 0 saturated heterocycles. The summed E-state index contributed by atoms with van der Waals surface area (Å²) in [5.74, 6) is 0. The smallest absolute Gasteiger partial charge is 0.118 e. The summed E-state index contributed by atoms with van der Waals surface area (Å²) >= 11 is 1.86. The first kappa shape index (κ1) is 13.8. The van der Waals surface area contributed by atoms with Crippen LogP contribution in [0.1, 0.15) is 47.0 Å². The van der Waals surface area contributed by atoms with Gasteiger partial charge in [-0.05, 0) is 43.9 Å². The molecule has 1 unspecified atom stereocenters. The van der Waals surface area contributed by atoms with Gasteiger partial charge in [-0.2, -0.15) is 0 Å². The van der Waals surface area contributed by atoms with Crippen LogP contribution in [-0.2, 0) is 18.4 Å². The van der Waals surface area contributed by atoms with E-state index in [4.69, 9.17) is 4.98 Å². The zero-order valence-corrected chi connectivity index (χ0v) is 13.3. The molecule has 0 bridgehead atoms. The van der Waals surface area contributed by atoms with Crippen LogP contribution in [0.4, 0.5) is 0 Å². The Morgan fingerprint density at radius 2 is 2.10 bits per heavy atom. The lowest BCUT2D eigenvalue weighted by Gasteiger charge is -2.29. The number of aromatic nitrogens is 1. The topological polar surface area (TPSA) is 24.9 Å². The first-order valence-corrected chi connectivity index (χ1v) is 8.33. The van der Waals surface area contributed by atoms with Crippen molar-refractivity contribution < 1.29 is 0 Å². The summed E-state index contributed by atoms with van der Waals surface area (Å²) in [6, 6.07) is 8.83. The van der Waals surface area contributed by atoms with Gasteiger partial charge in [0.2, 0.25) is 0 Å². The van der Waals surface area contributed by atoms with E-state index in [1.807, 2.05) is 11.3 Å². The second-order valence-corrected chi connectivity index (χ2v) is 6.67. The van der Waals surface area contributed by atoms with Crippen LogP contribution >= 0.6 is 11.3 Å². The van der Waals surface area contributed by atoms with Gasteiger partial charge in [-0.25, -0.2) is 4.98 Å². The molecule has 3 rings (SSSR count). The lowest BCUT2D eigenvalue weighted by atomic mass is 9.92. The molecule has 1 heterocycles. The van der Waals surface area contributed by atoms with E-state index in [1.54, 1.807) is 0 Å². The highest BCUT2D eigenvalue weighted by Crippen LogP contribution is 2.43. The molecule has 0 aliphatic heterocycles. The van der Waals surface area contributed by atoms with E-state index >= 15 is 0 Å². The van der Waals surface area contributed by atoms with E-state index in [0.717, 1.165) is 25.8 Å². The Bertz CT molecular complexity index is 613. The fraction of sp³-hybridized carbons (Fsp3) is 0.471.